The molecule has 0 unspecified atom stereocenters. The second kappa shape index (κ2) is 3.89. The lowest BCUT2D eigenvalue weighted by Crippen LogP contribution is -2.35. The Labute approximate surface area is 107 Å². The number of nitrogens with zero attached hydrogens (tertiary/aromatic N) is 2. The van der Waals surface area contributed by atoms with Crippen LogP contribution in [0.2, 0.25) is 10.0 Å². The normalized spacial score (nSPS) is 14.0. The number of aromatic nitrogens is 3. The molecule has 1 aliphatic rings. The van der Waals surface area contributed by atoms with Gasteiger partial charge in [-0.05, 0) is 24.6 Å². The summed E-state index contributed by atoms with van der Waals surface area (Å²) in [6.45, 7) is 0.850. The number of rotatable bonds is 1. The van der Waals surface area contributed by atoms with Crippen molar-refractivity contribution in [3.8, 4) is 5.69 Å². The lowest BCUT2D eigenvalue weighted by molar-refractivity contribution is -0.749. The van der Waals surface area contributed by atoms with Crippen LogP contribution in [0.5, 0.6) is 0 Å². The summed E-state index contributed by atoms with van der Waals surface area (Å²) in [4.78, 5) is 12.1. The van der Waals surface area contributed by atoms with Gasteiger partial charge in [-0.2, -0.15) is 4.68 Å². The van der Waals surface area contributed by atoms with Crippen LogP contribution in [0.25, 0.3) is 5.69 Å². The quantitative estimate of drug-likeness (QED) is 0.788. The number of H-pyrrole nitrogens is 1. The SMILES string of the molecule is O=c1c2[n+]([nH]n1-c1ccc(Cl)cc1Cl)CCC2. The molecule has 0 fully saturated rings. The highest BCUT2D eigenvalue weighted by Crippen LogP contribution is 2.22. The molecule has 2 heterocycles. The summed E-state index contributed by atoms with van der Waals surface area (Å²) in [5.74, 6) is 0. The molecule has 1 N–H and O–H groups in total. The zero-order valence-electron chi connectivity index (χ0n) is 8.91. The molecule has 0 radical (unpaired) electrons. The maximum Gasteiger partial charge on any atom is 0.401 e. The molecule has 3 rings (SSSR count). The van der Waals surface area contributed by atoms with E-state index in [4.69, 9.17) is 23.2 Å². The Kier molecular flexibility index (Phi) is 2.49. The molecule has 0 bridgehead atoms. The summed E-state index contributed by atoms with van der Waals surface area (Å²) >= 11 is 11.9. The van der Waals surface area contributed by atoms with E-state index in [-0.39, 0.29) is 5.56 Å². The van der Waals surface area contributed by atoms with Crippen molar-refractivity contribution in [2.75, 3.05) is 0 Å². The summed E-state index contributed by atoms with van der Waals surface area (Å²) in [6.07, 6.45) is 1.82. The smallest absolute Gasteiger partial charge is 0.234 e. The molecule has 0 saturated carbocycles. The van der Waals surface area contributed by atoms with Crippen LogP contribution in [0.1, 0.15) is 12.1 Å². The van der Waals surface area contributed by atoms with Gasteiger partial charge in [0.2, 0.25) is 5.69 Å². The fourth-order valence-electron chi connectivity index (χ4n) is 2.13. The molecule has 17 heavy (non-hydrogen) atoms. The number of aryl methyl sites for hydroxylation is 1. The van der Waals surface area contributed by atoms with Crippen LogP contribution in [0.3, 0.4) is 0 Å². The third-order valence-corrected chi connectivity index (χ3v) is 3.48. The van der Waals surface area contributed by atoms with Crippen molar-refractivity contribution in [2.24, 2.45) is 0 Å². The molecule has 1 aromatic carbocycles. The molecule has 88 valence electrons. The average molecular weight is 271 g/mol. The number of hydrogen-bond acceptors (Lipinski definition) is 1. The summed E-state index contributed by atoms with van der Waals surface area (Å²) < 4.78 is 3.33. The van der Waals surface area contributed by atoms with Crippen molar-refractivity contribution < 1.29 is 4.68 Å². The second-order valence-corrected chi connectivity index (χ2v) is 4.88. The Hall–Kier alpha value is -1.26. The summed E-state index contributed by atoms with van der Waals surface area (Å²) in [5.41, 5.74) is 1.39. The van der Waals surface area contributed by atoms with Crippen molar-refractivity contribution in [2.45, 2.75) is 19.4 Å². The van der Waals surface area contributed by atoms with Crippen molar-refractivity contribution in [1.82, 2.24) is 9.90 Å². The van der Waals surface area contributed by atoms with E-state index in [1.165, 1.54) is 4.68 Å². The predicted molar refractivity (Wildman–Crippen MR) is 64.9 cm³/mol. The van der Waals surface area contributed by atoms with Gasteiger partial charge in [-0.15, -0.1) is 0 Å². The van der Waals surface area contributed by atoms with Crippen molar-refractivity contribution >= 4 is 23.2 Å². The zero-order valence-corrected chi connectivity index (χ0v) is 10.4. The monoisotopic (exact) mass is 270 g/mol. The lowest BCUT2D eigenvalue weighted by atomic mass is 10.3. The van der Waals surface area contributed by atoms with Crippen molar-refractivity contribution in [3.05, 3.63) is 44.3 Å². The average Bonchev–Trinajstić information content (AvgIpc) is 2.83. The van der Waals surface area contributed by atoms with Crippen LogP contribution >= 0.6 is 23.2 Å². The maximum absolute atomic E-state index is 12.1. The van der Waals surface area contributed by atoms with E-state index < -0.39 is 0 Å². The molecule has 1 aromatic heterocycles. The molecule has 6 heteroatoms. The first kappa shape index (κ1) is 10.9. The van der Waals surface area contributed by atoms with Gasteiger partial charge in [0.1, 0.15) is 6.54 Å². The highest BCUT2D eigenvalue weighted by molar-refractivity contribution is 6.35. The van der Waals surface area contributed by atoms with E-state index in [2.05, 4.69) is 5.21 Å². The molecule has 0 amide bonds. The van der Waals surface area contributed by atoms with Crippen LogP contribution in [0, 0.1) is 0 Å². The minimum Gasteiger partial charge on any atom is -0.234 e. The second-order valence-electron chi connectivity index (χ2n) is 4.04. The summed E-state index contributed by atoms with van der Waals surface area (Å²) in [7, 11) is 0. The van der Waals surface area contributed by atoms with Crippen molar-refractivity contribution in [1.29, 1.82) is 0 Å². The maximum atomic E-state index is 12.1. The van der Waals surface area contributed by atoms with Gasteiger partial charge in [0, 0.05) is 11.4 Å². The van der Waals surface area contributed by atoms with E-state index in [1.54, 1.807) is 18.2 Å². The fourth-order valence-corrected chi connectivity index (χ4v) is 2.62. The highest BCUT2D eigenvalue weighted by Gasteiger charge is 2.27. The number of halogens is 2. The van der Waals surface area contributed by atoms with Gasteiger partial charge >= 0.3 is 5.56 Å². The van der Waals surface area contributed by atoms with E-state index in [1.807, 2.05) is 4.68 Å². The van der Waals surface area contributed by atoms with Gasteiger partial charge < -0.3 is 0 Å². The molecule has 0 aliphatic carbocycles. The Morgan fingerprint density at radius 3 is 2.88 bits per heavy atom. The first-order valence-corrected chi connectivity index (χ1v) is 6.11. The van der Waals surface area contributed by atoms with Crippen LogP contribution in [0.15, 0.2) is 23.0 Å². The van der Waals surface area contributed by atoms with Crippen LogP contribution in [-0.2, 0) is 13.0 Å². The van der Waals surface area contributed by atoms with Crippen LogP contribution in [0.4, 0.5) is 0 Å². The predicted octanol–water partition coefficient (Wildman–Crippen LogP) is 1.71. The summed E-state index contributed by atoms with van der Waals surface area (Å²) in [5, 5.41) is 4.04. The van der Waals surface area contributed by atoms with Crippen molar-refractivity contribution in [3.63, 3.8) is 0 Å². The molecule has 4 nitrogen and oxygen atoms in total. The van der Waals surface area contributed by atoms with Gasteiger partial charge in [-0.1, -0.05) is 33.1 Å². The Bertz CT molecular complexity index is 645. The molecule has 1 aliphatic heterocycles. The lowest BCUT2D eigenvalue weighted by Gasteiger charge is -1.98. The molecule has 2 aromatic rings. The molecular formula is C11H10Cl2N3O+. The van der Waals surface area contributed by atoms with E-state index in [0.29, 0.717) is 15.7 Å². The van der Waals surface area contributed by atoms with Gasteiger partial charge in [-0.3, -0.25) is 0 Å². The fraction of sp³-hybridized carbons (Fsp3) is 0.273. The minimum atomic E-state index is -0.0354. The third kappa shape index (κ3) is 1.68. The Morgan fingerprint density at radius 2 is 2.18 bits per heavy atom. The first-order chi connectivity index (χ1) is 8.16. The molecule has 0 spiro atoms. The number of nitrogens with one attached hydrogen (secondary N) is 1. The molecule has 0 atom stereocenters. The van der Waals surface area contributed by atoms with E-state index in [9.17, 15) is 4.79 Å². The van der Waals surface area contributed by atoms with Gasteiger partial charge in [0.25, 0.3) is 0 Å². The number of fused-ring (bicyclic) bond motifs is 1. The van der Waals surface area contributed by atoms with E-state index >= 15 is 0 Å². The van der Waals surface area contributed by atoms with Crippen LogP contribution < -0.4 is 10.2 Å². The zero-order chi connectivity index (χ0) is 12.0. The molecular weight excluding hydrogens is 261 g/mol. The largest absolute Gasteiger partial charge is 0.401 e. The number of benzene rings is 1. The Morgan fingerprint density at radius 1 is 1.35 bits per heavy atom. The minimum absolute atomic E-state index is 0.0354. The first-order valence-electron chi connectivity index (χ1n) is 5.36. The van der Waals surface area contributed by atoms with E-state index in [0.717, 1.165) is 25.1 Å². The number of hydrogen-bond donors (Lipinski definition) is 1. The van der Waals surface area contributed by atoms with Gasteiger partial charge in [0.15, 0.2) is 5.69 Å². The topological polar surface area (TPSA) is 41.7 Å². The summed E-state index contributed by atoms with van der Waals surface area (Å²) in [6, 6.07) is 5.08. The highest BCUT2D eigenvalue weighted by atomic mass is 35.5. The third-order valence-electron chi connectivity index (χ3n) is 2.94. The number of aromatic amines is 1. The van der Waals surface area contributed by atoms with Gasteiger partial charge in [0.05, 0.1) is 5.02 Å². The standard InChI is InChI=1S/C11H9Cl2N3O/c12-7-3-4-9(8(13)6-7)16-11(17)10-2-1-5-15(10)14-16/h3-4,6H,1-2,5H2/p+1. The van der Waals surface area contributed by atoms with Crippen LogP contribution in [-0.4, -0.2) is 9.90 Å². The Balaban J connectivity index is 2.19. The van der Waals surface area contributed by atoms with Gasteiger partial charge in [-0.25, -0.2) is 4.79 Å². The molecule has 0 saturated heterocycles.